The molecule has 2 atom stereocenters. The molecule has 0 saturated carbocycles. The summed E-state index contributed by atoms with van der Waals surface area (Å²) in [6.07, 6.45) is 1.07. The Labute approximate surface area is 188 Å². The van der Waals surface area contributed by atoms with E-state index < -0.39 is 6.04 Å². The average Bonchev–Trinajstić information content (AvgIpc) is 3.19. The molecule has 1 heterocycles. The van der Waals surface area contributed by atoms with Crippen molar-refractivity contribution < 1.29 is 9.59 Å². The van der Waals surface area contributed by atoms with Gasteiger partial charge in [0.05, 0.1) is 5.69 Å². The van der Waals surface area contributed by atoms with E-state index >= 15 is 0 Å². The van der Waals surface area contributed by atoms with Crippen molar-refractivity contribution >= 4 is 11.8 Å². The Morgan fingerprint density at radius 1 is 1.00 bits per heavy atom. The van der Waals surface area contributed by atoms with Crippen LogP contribution in [0.15, 0.2) is 60.7 Å². The molecule has 0 radical (unpaired) electrons. The molecule has 32 heavy (non-hydrogen) atoms. The largest absolute Gasteiger partial charge is 0.350 e. The molecule has 0 unspecified atom stereocenters. The summed E-state index contributed by atoms with van der Waals surface area (Å²) in [4.78, 5) is 29.7. The molecular weight excluding hydrogens is 404 g/mol. The molecule has 0 aliphatic rings. The number of aryl methyl sites for hydroxylation is 1. The maximum absolute atomic E-state index is 13.1. The van der Waals surface area contributed by atoms with Crippen LogP contribution in [0, 0.1) is 6.92 Å². The number of para-hydroxylation sites is 1. The molecule has 4 N–H and O–H groups in total. The highest BCUT2D eigenvalue weighted by molar-refractivity contribution is 5.87. The first kappa shape index (κ1) is 23.1. The molecule has 8 nitrogen and oxygen atoms in total. The summed E-state index contributed by atoms with van der Waals surface area (Å²) < 4.78 is 1.73. The number of rotatable bonds is 10. The van der Waals surface area contributed by atoms with Gasteiger partial charge >= 0.3 is 0 Å². The minimum Gasteiger partial charge on any atom is -0.350 e. The first-order valence-corrected chi connectivity index (χ1v) is 10.8. The van der Waals surface area contributed by atoms with Crippen LogP contribution in [-0.2, 0) is 22.4 Å². The van der Waals surface area contributed by atoms with Gasteiger partial charge in [0.2, 0.25) is 11.8 Å². The van der Waals surface area contributed by atoms with E-state index in [2.05, 4.69) is 20.7 Å². The summed E-state index contributed by atoms with van der Waals surface area (Å²) in [5.41, 5.74) is 7.87. The number of carbonyl (C=O) groups is 2. The van der Waals surface area contributed by atoms with E-state index in [0.29, 0.717) is 18.1 Å². The number of benzene rings is 2. The van der Waals surface area contributed by atoms with E-state index in [1.165, 1.54) is 0 Å². The summed E-state index contributed by atoms with van der Waals surface area (Å²) in [6.45, 7) is 3.89. The molecule has 0 bridgehead atoms. The third kappa shape index (κ3) is 6.24. The van der Waals surface area contributed by atoms with Crippen LogP contribution in [0.25, 0.3) is 5.69 Å². The van der Waals surface area contributed by atoms with Gasteiger partial charge in [0, 0.05) is 25.4 Å². The average molecular weight is 435 g/mol. The third-order valence-corrected chi connectivity index (χ3v) is 5.13. The first-order valence-electron chi connectivity index (χ1n) is 10.8. The van der Waals surface area contributed by atoms with Gasteiger partial charge in [-0.15, -0.1) is 0 Å². The van der Waals surface area contributed by atoms with E-state index in [0.717, 1.165) is 11.3 Å². The van der Waals surface area contributed by atoms with Crippen molar-refractivity contribution in [1.82, 2.24) is 25.4 Å². The summed E-state index contributed by atoms with van der Waals surface area (Å²) in [5.74, 6) is 0.676. The molecule has 168 valence electrons. The van der Waals surface area contributed by atoms with Gasteiger partial charge < -0.3 is 16.4 Å². The number of nitrogens with two attached hydrogens (primary N) is 1. The molecular formula is C24H30N6O2. The van der Waals surface area contributed by atoms with E-state index in [-0.39, 0.29) is 37.2 Å². The van der Waals surface area contributed by atoms with E-state index in [9.17, 15) is 9.59 Å². The van der Waals surface area contributed by atoms with E-state index in [1.807, 2.05) is 67.6 Å². The Balaban J connectivity index is 1.74. The van der Waals surface area contributed by atoms with Gasteiger partial charge in [0.15, 0.2) is 5.82 Å². The van der Waals surface area contributed by atoms with Gasteiger partial charge in [-0.05, 0) is 31.0 Å². The zero-order chi connectivity index (χ0) is 22.9. The highest BCUT2D eigenvalue weighted by Gasteiger charge is 2.25. The Kier molecular flexibility index (Phi) is 8.10. The van der Waals surface area contributed by atoms with Crippen LogP contribution in [0.2, 0.25) is 0 Å². The molecule has 0 spiro atoms. The van der Waals surface area contributed by atoms with Crippen LogP contribution in [0.4, 0.5) is 0 Å². The van der Waals surface area contributed by atoms with Crippen LogP contribution < -0.4 is 16.4 Å². The smallest absolute Gasteiger partial charge is 0.243 e. The van der Waals surface area contributed by atoms with Gasteiger partial charge in [0.1, 0.15) is 11.9 Å². The summed E-state index contributed by atoms with van der Waals surface area (Å²) in [5, 5.41) is 10.3. The van der Waals surface area contributed by atoms with Crippen LogP contribution in [0.5, 0.6) is 0 Å². The van der Waals surface area contributed by atoms with Crippen molar-refractivity contribution in [3.8, 4) is 5.69 Å². The van der Waals surface area contributed by atoms with Crippen molar-refractivity contribution in [3.63, 3.8) is 0 Å². The summed E-state index contributed by atoms with van der Waals surface area (Å²) in [6, 6.07) is 18.4. The highest BCUT2D eigenvalue weighted by Crippen LogP contribution is 2.10. The minimum atomic E-state index is -0.793. The van der Waals surface area contributed by atoms with Gasteiger partial charge in [0.25, 0.3) is 0 Å². The van der Waals surface area contributed by atoms with Gasteiger partial charge in [-0.25, -0.2) is 9.67 Å². The normalized spacial score (nSPS) is 12.7. The molecule has 2 amide bonds. The molecule has 3 aromatic rings. The maximum atomic E-state index is 13.1. The molecule has 0 fully saturated rings. The topological polar surface area (TPSA) is 115 Å². The zero-order valence-corrected chi connectivity index (χ0v) is 18.5. The summed E-state index contributed by atoms with van der Waals surface area (Å²) in [7, 11) is 0. The van der Waals surface area contributed by atoms with Crippen molar-refractivity contribution in [2.24, 2.45) is 5.73 Å². The van der Waals surface area contributed by atoms with E-state index in [1.54, 1.807) is 11.6 Å². The standard InChI is InChI=1S/C24H30N6O2/c1-3-23(31)28-21(24(32)27-19(16-25)14-18-10-6-4-7-11-18)15-22-26-17(2)30(29-22)20-12-8-5-9-13-20/h4-13,19,21H,3,14-16,25H2,1-2H3,(H,27,32)(H,28,31)/t19-,21-/m0/s1. The number of nitrogens with zero attached hydrogens (tertiary/aromatic N) is 3. The quantitative estimate of drug-likeness (QED) is 0.449. The fraction of sp³-hybridized carbons (Fsp3) is 0.333. The zero-order valence-electron chi connectivity index (χ0n) is 18.5. The first-order chi connectivity index (χ1) is 15.5. The lowest BCUT2D eigenvalue weighted by Crippen LogP contribution is -2.52. The van der Waals surface area contributed by atoms with Crippen molar-refractivity contribution in [2.75, 3.05) is 6.54 Å². The number of nitrogens with one attached hydrogen (secondary N) is 2. The lowest BCUT2D eigenvalue weighted by atomic mass is 10.0. The second-order valence-corrected chi connectivity index (χ2v) is 7.63. The van der Waals surface area contributed by atoms with Crippen LogP contribution in [-0.4, -0.2) is 45.2 Å². The molecule has 3 rings (SSSR count). The fourth-order valence-electron chi connectivity index (χ4n) is 3.43. The predicted molar refractivity (Wildman–Crippen MR) is 123 cm³/mol. The Bertz CT molecular complexity index is 1020. The Morgan fingerprint density at radius 3 is 2.28 bits per heavy atom. The predicted octanol–water partition coefficient (Wildman–Crippen LogP) is 1.70. The molecule has 1 aromatic heterocycles. The van der Waals surface area contributed by atoms with Crippen molar-refractivity contribution in [1.29, 1.82) is 0 Å². The van der Waals surface area contributed by atoms with Crippen LogP contribution >= 0.6 is 0 Å². The lowest BCUT2D eigenvalue weighted by molar-refractivity contribution is -0.129. The maximum Gasteiger partial charge on any atom is 0.243 e. The number of hydrogen-bond acceptors (Lipinski definition) is 5. The second-order valence-electron chi connectivity index (χ2n) is 7.63. The van der Waals surface area contributed by atoms with Crippen LogP contribution in [0.3, 0.4) is 0 Å². The van der Waals surface area contributed by atoms with Gasteiger partial charge in [-0.2, -0.15) is 5.10 Å². The molecule has 0 aliphatic heterocycles. The SMILES string of the molecule is CCC(=O)N[C@@H](Cc1nc(C)n(-c2ccccc2)n1)C(=O)N[C@H](CN)Cc1ccccc1. The molecule has 2 aromatic carbocycles. The van der Waals surface area contributed by atoms with Crippen molar-refractivity contribution in [3.05, 3.63) is 77.9 Å². The third-order valence-electron chi connectivity index (χ3n) is 5.13. The van der Waals surface area contributed by atoms with E-state index in [4.69, 9.17) is 5.73 Å². The highest BCUT2D eigenvalue weighted by atomic mass is 16.2. The molecule has 0 saturated heterocycles. The minimum absolute atomic E-state index is 0.181. The number of amides is 2. The monoisotopic (exact) mass is 434 g/mol. The summed E-state index contributed by atoms with van der Waals surface area (Å²) >= 11 is 0. The molecule has 0 aliphatic carbocycles. The number of carbonyl (C=O) groups excluding carboxylic acids is 2. The van der Waals surface area contributed by atoms with Crippen LogP contribution in [0.1, 0.15) is 30.6 Å². The Morgan fingerprint density at radius 2 is 1.66 bits per heavy atom. The number of aromatic nitrogens is 3. The molecule has 8 heteroatoms. The van der Waals surface area contributed by atoms with Gasteiger partial charge in [-0.3, -0.25) is 9.59 Å². The number of hydrogen-bond donors (Lipinski definition) is 3. The van der Waals surface area contributed by atoms with Gasteiger partial charge in [-0.1, -0.05) is 55.5 Å². The lowest BCUT2D eigenvalue weighted by Gasteiger charge is -2.22. The second kappa shape index (κ2) is 11.2. The van der Waals surface area contributed by atoms with Crippen molar-refractivity contribution in [2.45, 2.75) is 45.2 Å². The Hall–Kier alpha value is -3.52. The fourth-order valence-corrected chi connectivity index (χ4v) is 3.43.